The van der Waals surface area contributed by atoms with Crippen LogP contribution >= 0.6 is 0 Å². The van der Waals surface area contributed by atoms with Crippen molar-refractivity contribution in [2.24, 2.45) is 7.05 Å². The number of aromatic nitrogens is 2. The predicted octanol–water partition coefficient (Wildman–Crippen LogP) is 3.42. The number of carbonyl (C=O) groups is 1. The molecule has 0 saturated carbocycles. The van der Waals surface area contributed by atoms with E-state index in [4.69, 9.17) is 4.74 Å². The van der Waals surface area contributed by atoms with Gasteiger partial charge in [-0.3, -0.25) is 4.79 Å². The lowest BCUT2D eigenvalue weighted by Gasteiger charge is -2.18. The van der Waals surface area contributed by atoms with E-state index in [0.717, 1.165) is 34.7 Å². The Morgan fingerprint density at radius 1 is 1.25 bits per heavy atom. The summed E-state index contributed by atoms with van der Waals surface area (Å²) in [5.41, 5.74) is 3.29. The van der Waals surface area contributed by atoms with Gasteiger partial charge in [-0.25, -0.2) is 4.98 Å². The first-order chi connectivity index (χ1) is 11.5. The standard InChI is InChI=1S/C19H21N3O2/c1-5-18-20-16-11-13(9-10-17(16)22(18)3)19(23)21(2)14-7-6-8-15(12-14)24-4/h6-12H,5H2,1-4H3. The first kappa shape index (κ1) is 16.1. The van der Waals surface area contributed by atoms with E-state index >= 15 is 0 Å². The van der Waals surface area contributed by atoms with Crippen molar-refractivity contribution >= 4 is 22.6 Å². The predicted molar refractivity (Wildman–Crippen MR) is 95.8 cm³/mol. The number of amides is 1. The zero-order valence-corrected chi connectivity index (χ0v) is 14.4. The first-order valence-electron chi connectivity index (χ1n) is 7.92. The monoisotopic (exact) mass is 323 g/mol. The maximum absolute atomic E-state index is 12.8. The SMILES string of the molecule is CCc1nc2cc(C(=O)N(C)c3cccc(OC)c3)ccc2n1C. The van der Waals surface area contributed by atoms with E-state index in [9.17, 15) is 4.79 Å². The number of hydrogen-bond acceptors (Lipinski definition) is 3. The maximum Gasteiger partial charge on any atom is 0.258 e. The van der Waals surface area contributed by atoms with Crippen LogP contribution in [0.1, 0.15) is 23.1 Å². The molecule has 5 nitrogen and oxygen atoms in total. The Labute approximate surface area is 141 Å². The number of aryl methyl sites for hydroxylation is 2. The van der Waals surface area contributed by atoms with Crippen molar-refractivity contribution in [2.45, 2.75) is 13.3 Å². The van der Waals surface area contributed by atoms with Gasteiger partial charge in [0.25, 0.3) is 5.91 Å². The molecule has 24 heavy (non-hydrogen) atoms. The topological polar surface area (TPSA) is 47.4 Å². The number of benzene rings is 2. The van der Waals surface area contributed by atoms with Crippen molar-refractivity contribution in [1.82, 2.24) is 9.55 Å². The average molecular weight is 323 g/mol. The fourth-order valence-corrected chi connectivity index (χ4v) is 2.83. The van der Waals surface area contributed by atoms with E-state index in [1.54, 1.807) is 19.1 Å². The van der Waals surface area contributed by atoms with Gasteiger partial charge >= 0.3 is 0 Å². The molecule has 0 unspecified atom stereocenters. The fourth-order valence-electron chi connectivity index (χ4n) is 2.83. The molecule has 1 heterocycles. The summed E-state index contributed by atoms with van der Waals surface area (Å²) in [4.78, 5) is 19.0. The second-order valence-electron chi connectivity index (χ2n) is 5.71. The Hall–Kier alpha value is -2.82. The van der Waals surface area contributed by atoms with Crippen molar-refractivity contribution in [2.75, 3.05) is 19.1 Å². The van der Waals surface area contributed by atoms with Crippen LogP contribution in [0, 0.1) is 0 Å². The molecule has 0 N–H and O–H groups in total. The Kier molecular flexibility index (Phi) is 4.25. The molecule has 124 valence electrons. The van der Waals surface area contributed by atoms with Crippen LogP contribution < -0.4 is 9.64 Å². The third kappa shape index (κ3) is 2.73. The number of ether oxygens (including phenoxy) is 1. The Bertz CT molecular complexity index is 899. The van der Waals surface area contributed by atoms with Crippen molar-refractivity contribution < 1.29 is 9.53 Å². The van der Waals surface area contributed by atoms with Gasteiger partial charge in [-0.2, -0.15) is 0 Å². The molecule has 1 amide bonds. The minimum absolute atomic E-state index is 0.0751. The number of methoxy groups -OCH3 is 1. The van der Waals surface area contributed by atoms with E-state index in [0.29, 0.717) is 5.56 Å². The number of hydrogen-bond donors (Lipinski definition) is 0. The summed E-state index contributed by atoms with van der Waals surface area (Å²) in [7, 11) is 5.37. The van der Waals surface area contributed by atoms with E-state index in [1.165, 1.54) is 0 Å². The molecule has 0 aliphatic heterocycles. The van der Waals surface area contributed by atoms with Crippen LogP contribution in [0.5, 0.6) is 5.75 Å². The van der Waals surface area contributed by atoms with Crippen LogP contribution in [0.15, 0.2) is 42.5 Å². The van der Waals surface area contributed by atoms with Gasteiger partial charge < -0.3 is 14.2 Å². The summed E-state index contributed by atoms with van der Waals surface area (Å²) in [6, 6.07) is 13.1. The molecular formula is C19H21N3O2. The molecule has 0 bridgehead atoms. The lowest BCUT2D eigenvalue weighted by Crippen LogP contribution is -2.26. The third-order valence-corrected chi connectivity index (χ3v) is 4.28. The van der Waals surface area contributed by atoms with Crippen molar-refractivity contribution in [1.29, 1.82) is 0 Å². The number of nitrogens with zero attached hydrogens (tertiary/aromatic N) is 3. The summed E-state index contributed by atoms with van der Waals surface area (Å²) in [6.07, 6.45) is 0.859. The highest BCUT2D eigenvalue weighted by Gasteiger charge is 2.16. The Balaban J connectivity index is 1.95. The quantitative estimate of drug-likeness (QED) is 0.739. The average Bonchev–Trinajstić information content (AvgIpc) is 2.95. The highest BCUT2D eigenvalue weighted by molar-refractivity contribution is 6.07. The molecule has 0 spiro atoms. The highest BCUT2D eigenvalue weighted by atomic mass is 16.5. The molecule has 3 aromatic rings. The zero-order valence-electron chi connectivity index (χ0n) is 14.4. The summed E-state index contributed by atoms with van der Waals surface area (Å²) in [6.45, 7) is 2.07. The number of imidazole rings is 1. The summed E-state index contributed by atoms with van der Waals surface area (Å²) in [5.74, 6) is 1.66. The van der Waals surface area contributed by atoms with Crippen molar-refractivity contribution in [3.63, 3.8) is 0 Å². The molecular weight excluding hydrogens is 302 g/mol. The second kappa shape index (κ2) is 6.35. The van der Waals surface area contributed by atoms with Gasteiger partial charge in [0.05, 0.1) is 18.1 Å². The first-order valence-corrected chi connectivity index (χ1v) is 7.92. The van der Waals surface area contributed by atoms with Gasteiger partial charge in [0.2, 0.25) is 0 Å². The second-order valence-corrected chi connectivity index (χ2v) is 5.71. The molecule has 3 rings (SSSR count). The lowest BCUT2D eigenvalue weighted by molar-refractivity contribution is 0.0993. The number of rotatable bonds is 4. The number of carbonyl (C=O) groups excluding carboxylic acids is 1. The maximum atomic E-state index is 12.8. The Morgan fingerprint density at radius 3 is 2.75 bits per heavy atom. The van der Waals surface area contributed by atoms with E-state index in [-0.39, 0.29) is 5.91 Å². The minimum atomic E-state index is -0.0751. The van der Waals surface area contributed by atoms with Gasteiger partial charge in [0.1, 0.15) is 11.6 Å². The Morgan fingerprint density at radius 2 is 2.04 bits per heavy atom. The van der Waals surface area contributed by atoms with Crippen LogP contribution in [0.4, 0.5) is 5.69 Å². The zero-order chi connectivity index (χ0) is 17.3. The summed E-state index contributed by atoms with van der Waals surface area (Å²) >= 11 is 0. The molecule has 5 heteroatoms. The highest BCUT2D eigenvalue weighted by Crippen LogP contribution is 2.23. The van der Waals surface area contributed by atoms with Gasteiger partial charge in [0, 0.05) is 37.8 Å². The minimum Gasteiger partial charge on any atom is -0.497 e. The third-order valence-electron chi connectivity index (χ3n) is 4.28. The van der Waals surface area contributed by atoms with E-state index in [2.05, 4.69) is 16.5 Å². The van der Waals surface area contributed by atoms with Crippen molar-refractivity contribution in [3.05, 3.63) is 53.9 Å². The van der Waals surface area contributed by atoms with Crippen LogP contribution in [-0.4, -0.2) is 29.6 Å². The lowest BCUT2D eigenvalue weighted by atomic mass is 10.1. The molecule has 2 aromatic carbocycles. The normalized spacial score (nSPS) is 10.8. The molecule has 0 atom stereocenters. The van der Waals surface area contributed by atoms with E-state index < -0.39 is 0 Å². The van der Waals surface area contributed by atoms with Gasteiger partial charge in [-0.1, -0.05) is 13.0 Å². The van der Waals surface area contributed by atoms with Crippen LogP contribution in [-0.2, 0) is 13.5 Å². The number of fused-ring (bicyclic) bond motifs is 1. The molecule has 0 fully saturated rings. The summed E-state index contributed by atoms with van der Waals surface area (Å²) < 4.78 is 7.29. The largest absolute Gasteiger partial charge is 0.497 e. The van der Waals surface area contributed by atoms with E-state index in [1.807, 2.05) is 49.5 Å². The van der Waals surface area contributed by atoms with Crippen LogP contribution in [0.25, 0.3) is 11.0 Å². The van der Waals surface area contributed by atoms with Crippen LogP contribution in [0.3, 0.4) is 0 Å². The number of anilines is 1. The van der Waals surface area contributed by atoms with Gasteiger partial charge in [-0.05, 0) is 30.3 Å². The molecule has 0 saturated heterocycles. The molecule has 0 aliphatic carbocycles. The molecule has 0 aliphatic rings. The van der Waals surface area contributed by atoms with Crippen molar-refractivity contribution in [3.8, 4) is 5.75 Å². The molecule has 1 aromatic heterocycles. The summed E-state index contributed by atoms with van der Waals surface area (Å²) in [5, 5.41) is 0. The fraction of sp³-hybridized carbons (Fsp3) is 0.263. The van der Waals surface area contributed by atoms with Crippen LogP contribution in [0.2, 0.25) is 0 Å². The van der Waals surface area contributed by atoms with Gasteiger partial charge in [-0.15, -0.1) is 0 Å². The van der Waals surface area contributed by atoms with Gasteiger partial charge in [0.15, 0.2) is 0 Å². The molecule has 0 radical (unpaired) electrons. The smallest absolute Gasteiger partial charge is 0.258 e.